The summed E-state index contributed by atoms with van der Waals surface area (Å²) in [6, 6.07) is 4.25. The third-order valence-electron chi connectivity index (χ3n) is 3.21. The molecule has 1 amide bonds. The van der Waals surface area contributed by atoms with Gasteiger partial charge in [0.1, 0.15) is 0 Å². The third kappa shape index (κ3) is 8.02. The van der Waals surface area contributed by atoms with Gasteiger partial charge in [0.2, 0.25) is 5.91 Å². The van der Waals surface area contributed by atoms with Gasteiger partial charge in [0.15, 0.2) is 5.96 Å². The molecule has 0 saturated heterocycles. The van der Waals surface area contributed by atoms with Crippen molar-refractivity contribution < 1.29 is 4.79 Å². The van der Waals surface area contributed by atoms with Crippen molar-refractivity contribution >= 4 is 23.2 Å². The molecule has 6 heteroatoms. The first-order valence-electron chi connectivity index (χ1n) is 7.96. The molecule has 0 spiro atoms. The summed E-state index contributed by atoms with van der Waals surface area (Å²) in [5.74, 6) is 1.24. The molecule has 0 bridgehead atoms. The molecule has 0 aromatic carbocycles. The Balaban J connectivity index is 2.42. The van der Waals surface area contributed by atoms with E-state index in [0.29, 0.717) is 5.92 Å². The van der Waals surface area contributed by atoms with Gasteiger partial charge in [0, 0.05) is 31.1 Å². The SMILES string of the molecule is CN=C(NCC(C)Cc1cccs1)N(C)CC(=O)NC(C)(C)C. The Morgan fingerprint density at radius 1 is 1.43 bits per heavy atom. The third-order valence-corrected chi connectivity index (χ3v) is 4.11. The van der Waals surface area contributed by atoms with Gasteiger partial charge in [-0.2, -0.15) is 0 Å². The second-order valence-electron chi connectivity index (χ2n) is 6.97. The van der Waals surface area contributed by atoms with Gasteiger partial charge in [-0.1, -0.05) is 13.0 Å². The normalized spacial score (nSPS) is 13.6. The Labute approximate surface area is 144 Å². The van der Waals surface area contributed by atoms with Gasteiger partial charge in [-0.15, -0.1) is 11.3 Å². The minimum Gasteiger partial charge on any atom is -0.356 e. The van der Waals surface area contributed by atoms with Crippen LogP contribution in [0.2, 0.25) is 0 Å². The molecule has 0 aliphatic rings. The number of nitrogens with one attached hydrogen (secondary N) is 2. The molecule has 1 atom stereocenters. The van der Waals surface area contributed by atoms with Crippen molar-refractivity contribution in [3.05, 3.63) is 22.4 Å². The van der Waals surface area contributed by atoms with Gasteiger partial charge in [0.25, 0.3) is 0 Å². The predicted molar refractivity (Wildman–Crippen MR) is 99.1 cm³/mol. The zero-order chi connectivity index (χ0) is 17.5. The number of hydrogen-bond acceptors (Lipinski definition) is 3. The van der Waals surface area contributed by atoms with Crippen molar-refractivity contribution in [2.24, 2.45) is 10.9 Å². The monoisotopic (exact) mass is 338 g/mol. The van der Waals surface area contributed by atoms with Crippen LogP contribution in [0.25, 0.3) is 0 Å². The molecule has 1 unspecified atom stereocenters. The minimum absolute atomic E-state index is 0.00501. The van der Waals surface area contributed by atoms with E-state index < -0.39 is 0 Å². The number of guanidine groups is 1. The van der Waals surface area contributed by atoms with E-state index in [-0.39, 0.29) is 18.0 Å². The Morgan fingerprint density at radius 3 is 2.65 bits per heavy atom. The molecule has 0 fully saturated rings. The number of likely N-dealkylation sites (N-methyl/N-ethyl adjacent to an activating group) is 1. The standard InChI is InChI=1S/C17H30N4OS/c1-13(10-14-8-7-9-23-14)11-19-16(18-5)21(6)12-15(22)20-17(2,3)4/h7-9,13H,10-12H2,1-6H3,(H,18,19)(H,20,22). The van der Waals surface area contributed by atoms with Gasteiger partial charge >= 0.3 is 0 Å². The summed E-state index contributed by atoms with van der Waals surface area (Å²) in [7, 11) is 3.62. The average Bonchev–Trinajstić information content (AvgIpc) is 2.89. The topological polar surface area (TPSA) is 56.7 Å². The lowest BCUT2D eigenvalue weighted by Crippen LogP contribution is -2.49. The van der Waals surface area contributed by atoms with Crippen LogP contribution in [0.1, 0.15) is 32.6 Å². The lowest BCUT2D eigenvalue weighted by atomic mass is 10.1. The molecule has 130 valence electrons. The highest BCUT2D eigenvalue weighted by atomic mass is 32.1. The summed E-state index contributed by atoms with van der Waals surface area (Å²) in [5.41, 5.74) is -0.218. The van der Waals surface area contributed by atoms with E-state index in [2.05, 4.69) is 40.1 Å². The fourth-order valence-corrected chi connectivity index (χ4v) is 3.11. The van der Waals surface area contributed by atoms with E-state index in [4.69, 9.17) is 0 Å². The molecule has 5 nitrogen and oxygen atoms in total. The number of thiophene rings is 1. The van der Waals surface area contributed by atoms with Gasteiger partial charge in [-0.05, 0) is 44.6 Å². The number of amides is 1. The van der Waals surface area contributed by atoms with E-state index >= 15 is 0 Å². The maximum absolute atomic E-state index is 12.0. The van der Waals surface area contributed by atoms with Crippen molar-refractivity contribution in [3.8, 4) is 0 Å². The first-order chi connectivity index (χ1) is 10.7. The fraction of sp³-hybridized carbons (Fsp3) is 0.647. The van der Waals surface area contributed by atoms with Crippen LogP contribution in [0.5, 0.6) is 0 Å². The summed E-state index contributed by atoms with van der Waals surface area (Å²) < 4.78 is 0. The zero-order valence-electron chi connectivity index (χ0n) is 15.1. The number of nitrogens with zero attached hydrogens (tertiary/aromatic N) is 2. The summed E-state index contributed by atoms with van der Waals surface area (Å²) in [6.45, 7) is 9.26. The van der Waals surface area contributed by atoms with Crippen LogP contribution in [0.3, 0.4) is 0 Å². The molecule has 2 N–H and O–H groups in total. The number of rotatable bonds is 6. The molecule has 0 radical (unpaired) electrons. The molecule has 0 aliphatic carbocycles. The van der Waals surface area contributed by atoms with Crippen LogP contribution in [-0.4, -0.2) is 49.5 Å². The maximum atomic E-state index is 12.0. The first-order valence-corrected chi connectivity index (χ1v) is 8.84. The molecular weight excluding hydrogens is 308 g/mol. The highest BCUT2D eigenvalue weighted by Crippen LogP contribution is 2.13. The summed E-state index contributed by atoms with van der Waals surface area (Å²) in [6.07, 6.45) is 1.05. The highest BCUT2D eigenvalue weighted by Gasteiger charge is 2.17. The zero-order valence-corrected chi connectivity index (χ0v) is 16.0. The molecule has 1 aromatic heterocycles. The smallest absolute Gasteiger partial charge is 0.240 e. The van der Waals surface area contributed by atoms with E-state index in [1.54, 1.807) is 18.4 Å². The van der Waals surface area contributed by atoms with Crippen LogP contribution in [-0.2, 0) is 11.2 Å². The molecule has 23 heavy (non-hydrogen) atoms. The van der Waals surface area contributed by atoms with E-state index in [1.165, 1.54) is 4.88 Å². The lowest BCUT2D eigenvalue weighted by Gasteiger charge is -2.26. The molecule has 1 heterocycles. The van der Waals surface area contributed by atoms with Crippen molar-refractivity contribution in [3.63, 3.8) is 0 Å². The molecule has 1 rings (SSSR count). The highest BCUT2D eigenvalue weighted by molar-refractivity contribution is 7.09. The predicted octanol–water partition coefficient (Wildman–Crippen LogP) is 2.35. The van der Waals surface area contributed by atoms with Crippen molar-refractivity contribution in [1.29, 1.82) is 0 Å². The van der Waals surface area contributed by atoms with Crippen molar-refractivity contribution in [2.45, 2.75) is 39.7 Å². The number of hydrogen-bond donors (Lipinski definition) is 2. The van der Waals surface area contributed by atoms with E-state index in [1.807, 2.05) is 32.7 Å². The Kier molecular flexibility index (Phi) is 7.55. The molecule has 1 aromatic rings. The summed E-state index contributed by atoms with van der Waals surface area (Å²) in [4.78, 5) is 19.5. The number of aliphatic imine (C=N–C) groups is 1. The van der Waals surface area contributed by atoms with Crippen molar-refractivity contribution in [1.82, 2.24) is 15.5 Å². The lowest BCUT2D eigenvalue weighted by molar-refractivity contribution is -0.122. The van der Waals surface area contributed by atoms with Crippen LogP contribution in [0.15, 0.2) is 22.5 Å². The molecular formula is C17H30N4OS. The van der Waals surface area contributed by atoms with Crippen LogP contribution in [0, 0.1) is 5.92 Å². The number of carbonyl (C=O) groups is 1. The summed E-state index contributed by atoms with van der Waals surface area (Å²) >= 11 is 1.79. The van der Waals surface area contributed by atoms with Gasteiger partial charge in [-0.25, -0.2) is 0 Å². The van der Waals surface area contributed by atoms with Crippen molar-refractivity contribution in [2.75, 3.05) is 27.2 Å². The van der Waals surface area contributed by atoms with Crippen LogP contribution in [0.4, 0.5) is 0 Å². The van der Waals surface area contributed by atoms with E-state index in [9.17, 15) is 4.79 Å². The quantitative estimate of drug-likeness (QED) is 0.618. The van der Waals surface area contributed by atoms with Crippen LogP contribution >= 0.6 is 11.3 Å². The van der Waals surface area contributed by atoms with Crippen LogP contribution < -0.4 is 10.6 Å². The van der Waals surface area contributed by atoms with E-state index in [0.717, 1.165) is 18.9 Å². The Morgan fingerprint density at radius 2 is 2.13 bits per heavy atom. The second-order valence-corrected chi connectivity index (χ2v) is 8.00. The molecule has 0 aliphatic heterocycles. The minimum atomic E-state index is -0.218. The summed E-state index contributed by atoms with van der Waals surface area (Å²) in [5, 5.41) is 8.42. The maximum Gasteiger partial charge on any atom is 0.240 e. The van der Waals surface area contributed by atoms with Gasteiger partial charge < -0.3 is 15.5 Å². The molecule has 0 saturated carbocycles. The average molecular weight is 339 g/mol. The fourth-order valence-electron chi connectivity index (χ4n) is 2.24. The van der Waals surface area contributed by atoms with Gasteiger partial charge in [-0.3, -0.25) is 9.79 Å². The number of carbonyl (C=O) groups excluding carboxylic acids is 1. The Hall–Kier alpha value is -1.56. The first kappa shape index (κ1) is 19.5. The largest absolute Gasteiger partial charge is 0.356 e. The van der Waals surface area contributed by atoms with Gasteiger partial charge in [0.05, 0.1) is 6.54 Å². The Bertz CT molecular complexity index is 505. The second kappa shape index (κ2) is 8.91.